The minimum absolute atomic E-state index is 0.535. The van der Waals surface area contributed by atoms with Crippen LogP contribution in [0.3, 0.4) is 0 Å². The van der Waals surface area contributed by atoms with E-state index >= 15 is 0 Å². The molecule has 0 spiro atoms. The predicted octanol–water partition coefficient (Wildman–Crippen LogP) is 2.09. The van der Waals surface area contributed by atoms with Gasteiger partial charge in [0, 0.05) is 11.5 Å². The summed E-state index contributed by atoms with van der Waals surface area (Å²) in [5.74, 6) is 0.535. The predicted molar refractivity (Wildman–Crippen MR) is 34.7 cm³/mol. The molecule has 0 aromatic heterocycles. The van der Waals surface area contributed by atoms with Crippen LogP contribution in [0.15, 0.2) is 11.6 Å². The van der Waals surface area contributed by atoms with Crippen molar-refractivity contribution in [1.82, 2.24) is 0 Å². The molecule has 0 amide bonds. The van der Waals surface area contributed by atoms with E-state index in [1.165, 1.54) is 0 Å². The van der Waals surface area contributed by atoms with Crippen LogP contribution in [0.25, 0.3) is 0 Å². The average molecular weight is 130 g/mol. The first-order chi connectivity index (χ1) is 3.85. The molecule has 0 aliphatic carbocycles. The number of halogens is 1. The fraction of sp³-hybridized carbons (Fsp3) is 0.500. The van der Waals surface area contributed by atoms with Gasteiger partial charge in [-0.1, -0.05) is 6.08 Å². The van der Waals surface area contributed by atoms with Gasteiger partial charge in [-0.3, -0.25) is 0 Å². The standard InChI is InChI=1S/C6H8ClN/c1-2-6(5-8)3-4-7/h2H,3-4H2,1H3. The highest BCUT2D eigenvalue weighted by Gasteiger charge is 1.88. The normalized spacial score (nSPS) is 10.9. The number of alkyl halides is 1. The van der Waals surface area contributed by atoms with Gasteiger partial charge in [-0.05, 0) is 13.3 Å². The Bertz CT molecular complexity index is 121. The summed E-state index contributed by atoms with van der Waals surface area (Å²) in [5, 5.41) is 8.28. The topological polar surface area (TPSA) is 23.8 Å². The largest absolute Gasteiger partial charge is 0.193 e. The third kappa shape index (κ3) is 2.65. The zero-order valence-electron chi connectivity index (χ0n) is 4.82. The van der Waals surface area contributed by atoms with Crippen LogP contribution in [0.1, 0.15) is 13.3 Å². The fourth-order valence-corrected chi connectivity index (χ4v) is 0.570. The van der Waals surface area contributed by atoms with E-state index in [1.54, 1.807) is 6.08 Å². The SMILES string of the molecule is CC=C(C#N)CCCl. The van der Waals surface area contributed by atoms with Crippen molar-refractivity contribution in [2.24, 2.45) is 0 Å². The summed E-state index contributed by atoms with van der Waals surface area (Å²) in [5.41, 5.74) is 0.764. The lowest BCUT2D eigenvalue weighted by Crippen LogP contribution is -1.77. The monoisotopic (exact) mass is 129 g/mol. The second-order valence-corrected chi connectivity index (χ2v) is 1.74. The summed E-state index contributed by atoms with van der Waals surface area (Å²) in [7, 11) is 0. The summed E-state index contributed by atoms with van der Waals surface area (Å²) < 4.78 is 0. The molecule has 1 nitrogen and oxygen atoms in total. The van der Waals surface area contributed by atoms with Crippen molar-refractivity contribution in [3.63, 3.8) is 0 Å². The van der Waals surface area contributed by atoms with Crippen molar-refractivity contribution < 1.29 is 0 Å². The van der Waals surface area contributed by atoms with Crippen molar-refractivity contribution in [2.45, 2.75) is 13.3 Å². The number of nitriles is 1. The lowest BCUT2D eigenvalue weighted by atomic mass is 10.2. The van der Waals surface area contributed by atoms with E-state index in [0.29, 0.717) is 12.3 Å². The molecule has 0 aromatic rings. The maximum absolute atomic E-state index is 8.28. The molecule has 0 saturated heterocycles. The van der Waals surface area contributed by atoms with E-state index in [9.17, 15) is 0 Å². The molecule has 0 aromatic carbocycles. The van der Waals surface area contributed by atoms with Crippen LogP contribution in [0.4, 0.5) is 0 Å². The number of nitrogens with zero attached hydrogens (tertiary/aromatic N) is 1. The minimum atomic E-state index is 0.535. The summed E-state index contributed by atoms with van der Waals surface area (Å²) in [6, 6.07) is 2.03. The van der Waals surface area contributed by atoms with Gasteiger partial charge in [-0.15, -0.1) is 11.6 Å². The molecule has 0 atom stereocenters. The van der Waals surface area contributed by atoms with Crippen molar-refractivity contribution in [1.29, 1.82) is 5.26 Å². The Hall–Kier alpha value is -0.480. The molecule has 44 valence electrons. The van der Waals surface area contributed by atoms with Crippen LogP contribution in [0.5, 0.6) is 0 Å². The number of allylic oxidation sites excluding steroid dienone is 2. The lowest BCUT2D eigenvalue weighted by Gasteiger charge is -1.86. The molecule has 0 heterocycles. The zero-order valence-corrected chi connectivity index (χ0v) is 5.57. The smallest absolute Gasteiger partial charge is 0.0944 e. The van der Waals surface area contributed by atoms with Crippen molar-refractivity contribution in [3.05, 3.63) is 11.6 Å². The number of hydrogen-bond donors (Lipinski definition) is 0. The summed E-state index contributed by atoms with van der Waals surface area (Å²) in [6.45, 7) is 1.84. The molecule has 0 rings (SSSR count). The Morgan fingerprint density at radius 1 is 1.88 bits per heavy atom. The van der Waals surface area contributed by atoms with Crippen LogP contribution < -0.4 is 0 Å². The highest BCUT2D eigenvalue weighted by atomic mass is 35.5. The van der Waals surface area contributed by atoms with E-state index in [1.807, 2.05) is 13.0 Å². The van der Waals surface area contributed by atoms with Gasteiger partial charge in [0.15, 0.2) is 0 Å². The average Bonchev–Trinajstić information content (AvgIpc) is 1.83. The van der Waals surface area contributed by atoms with E-state index < -0.39 is 0 Å². The quantitative estimate of drug-likeness (QED) is 0.414. The molecule has 0 N–H and O–H groups in total. The van der Waals surface area contributed by atoms with Gasteiger partial charge in [-0.2, -0.15) is 5.26 Å². The molecule has 0 saturated carbocycles. The van der Waals surface area contributed by atoms with E-state index in [4.69, 9.17) is 16.9 Å². The van der Waals surface area contributed by atoms with Crippen LogP contribution >= 0.6 is 11.6 Å². The Morgan fingerprint density at radius 3 is 2.62 bits per heavy atom. The molecule has 0 radical (unpaired) electrons. The van der Waals surface area contributed by atoms with E-state index in [0.717, 1.165) is 5.57 Å². The molecule has 0 aliphatic heterocycles. The molecular formula is C6H8ClN. The summed E-state index contributed by atoms with van der Waals surface area (Å²) in [4.78, 5) is 0. The fourth-order valence-electron chi connectivity index (χ4n) is 0.367. The van der Waals surface area contributed by atoms with Gasteiger partial charge in [0.2, 0.25) is 0 Å². The third-order valence-electron chi connectivity index (χ3n) is 0.856. The van der Waals surface area contributed by atoms with Gasteiger partial charge in [0.1, 0.15) is 0 Å². The van der Waals surface area contributed by atoms with Crippen LogP contribution in [0, 0.1) is 11.3 Å². The maximum Gasteiger partial charge on any atom is 0.0944 e. The first-order valence-electron chi connectivity index (χ1n) is 2.46. The van der Waals surface area contributed by atoms with Crippen LogP contribution in [-0.2, 0) is 0 Å². The molecule has 2 heteroatoms. The van der Waals surface area contributed by atoms with Gasteiger partial charge in [-0.25, -0.2) is 0 Å². The molecule has 0 fully saturated rings. The van der Waals surface area contributed by atoms with E-state index in [2.05, 4.69) is 0 Å². The molecule has 0 unspecified atom stereocenters. The highest BCUT2D eigenvalue weighted by molar-refractivity contribution is 6.18. The molecule has 0 aliphatic rings. The second-order valence-electron chi connectivity index (χ2n) is 1.36. The third-order valence-corrected chi connectivity index (χ3v) is 1.04. The van der Waals surface area contributed by atoms with Crippen molar-refractivity contribution in [3.8, 4) is 6.07 Å². The minimum Gasteiger partial charge on any atom is -0.193 e. The molecule has 8 heavy (non-hydrogen) atoms. The van der Waals surface area contributed by atoms with Gasteiger partial charge in [0.05, 0.1) is 6.07 Å². The number of hydrogen-bond acceptors (Lipinski definition) is 1. The maximum atomic E-state index is 8.28. The highest BCUT2D eigenvalue weighted by Crippen LogP contribution is 1.99. The van der Waals surface area contributed by atoms with E-state index in [-0.39, 0.29) is 0 Å². The first kappa shape index (κ1) is 7.52. The Kier molecular flexibility index (Phi) is 4.39. The van der Waals surface area contributed by atoms with Gasteiger partial charge in [0.25, 0.3) is 0 Å². The van der Waals surface area contributed by atoms with Crippen molar-refractivity contribution >= 4 is 11.6 Å². The Labute approximate surface area is 54.6 Å². The Morgan fingerprint density at radius 2 is 2.50 bits per heavy atom. The first-order valence-corrected chi connectivity index (χ1v) is 2.99. The van der Waals surface area contributed by atoms with Gasteiger partial charge < -0.3 is 0 Å². The summed E-state index contributed by atoms with van der Waals surface area (Å²) in [6.07, 6.45) is 2.47. The molecular weight excluding hydrogens is 122 g/mol. The van der Waals surface area contributed by atoms with Crippen LogP contribution in [0.2, 0.25) is 0 Å². The number of rotatable bonds is 2. The lowest BCUT2D eigenvalue weighted by molar-refractivity contribution is 1.15. The zero-order chi connectivity index (χ0) is 6.41. The summed E-state index contributed by atoms with van der Waals surface area (Å²) >= 11 is 5.36. The van der Waals surface area contributed by atoms with Crippen LogP contribution in [-0.4, -0.2) is 5.88 Å². The van der Waals surface area contributed by atoms with Crippen molar-refractivity contribution in [2.75, 3.05) is 5.88 Å². The Balaban J connectivity index is 3.60. The second kappa shape index (κ2) is 4.67. The molecule has 0 bridgehead atoms. The van der Waals surface area contributed by atoms with Gasteiger partial charge >= 0.3 is 0 Å².